The monoisotopic (exact) mass is 378 g/mol. The molecule has 3 rings (SSSR count). The number of nitrogens with zero attached hydrogens (tertiary/aromatic N) is 1. The number of nitrogens with one attached hydrogen (secondary N) is 1. The number of ether oxygens (including phenoxy) is 1. The Balaban J connectivity index is 1.53. The lowest BCUT2D eigenvalue weighted by Gasteiger charge is -2.20. The fraction of sp³-hybridized carbons (Fsp3) is 0.304. The van der Waals surface area contributed by atoms with Crippen molar-refractivity contribution < 1.29 is 14.3 Å². The van der Waals surface area contributed by atoms with Crippen molar-refractivity contribution in [3.05, 3.63) is 77.9 Å². The van der Waals surface area contributed by atoms with Crippen LogP contribution in [0.15, 0.2) is 61.2 Å². The molecule has 5 heteroatoms. The van der Waals surface area contributed by atoms with E-state index in [1.165, 1.54) is 17.2 Å². The molecule has 2 aromatic carbocycles. The minimum atomic E-state index is -0.251. The van der Waals surface area contributed by atoms with Crippen molar-refractivity contribution in [2.45, 2.75) is 25.9 Å². The van der Waals surface area contributed by atoms with E-state index in [0.29, 0.717) is 32.7 Å². The molecule has 28 heavy (non-hydrogen) atoms. The summed E-state index contributed by atoms with van der Waals surface area (Å²) in [7, 11) is 0. The van der Waals surface area contributed by atoms with E-state index >= 15 is 0 Å². The maximum absolute atomic E-state index is 12.4. The molecule has 1 aliphatic rings. The zero-order valence-corrected chi connectivity index (χ0v) is 16.0. The molecule has 0 spiro atoms. The zero-order chi connectivity index (χ0) is 19.8. The molecule has 2 amide bonds. The van der Waals surface area contributed by atoms with E-state index in [-0.39, 0.29) is 11.8 Å². The van der Waals surface area contributed by atoms with Crippen molar-refractivity contribution in [2.75, 3.05) is 19.6 Å². The van der Waals surface area contributed by atoms with Crippen molar-refractivity contribution in [3.63, 3.8) is 0 Å². The van der Waals surface area contributed by atoms with Crippen LogP contribution in [-0.4, -0.2) is 36.3 Å². The van der Waals surface area contributed by atoms with Crippen LogP contribution in [0.2, 0.25) is 0 Å². The Labute approximate surface area is 166 Å². The van der Waals surface area contributed by atoms with E-state index in [1.807, 2.05) is 41.3 Å². The minimum absolute atomic E-state index is 0.0673. The van der Waals surface area contributed by atoms with Gasteiger partial charge in [0.1, 0.15) is 12.4 Å². The summed E-state index contributed by atoms with van der Waals surface area (Å²) in [6.07, 6.45) is 3.16. The third-order valence-electron chi connectivity index (χ3n) is 4.90. The summed E-state index contributed by atoms with van der Waals surface area (Å²) in [4.78, 5) is 25.5. The van der Waals surface area contributed by atoms with Gasteiger partial charge in [-0.1, -0.05) is 43.0 Å². The smallest absolute Gasteiger partial charge is 0.243 e. The second-order valence-electron chi connectivity index (χ2n) is 6.83. The van der Waals surface area contributed by atoms with Gasteiger partial charge in [-0.3, -0.25) is 9.59 Å². The molecule has 1 aliphatic heterocycles. The molecule has 0 aliphatic carbocycles. The standard InChI is InChI=1S/C23H26N2O3/c1-2-22(26)24-13-10-23(27)25-14-11-19-8-9-21(16-20(19)12-15-25)28-17-18-6-4-3-5-7-18/h2-9,16H,1,10-15,17H2,(H,24,26). The molecule has 0 bridgehead atoms. The first-order chi connectivity index (χ1) is 13.7. The first-order valence-corrected chi connectivity index (χ1v) is 9.62. The summed E-state index contributed by atoms with van der Waals surface area (Å²) < 4.78 is 5.93. The van der Waals surface area contributed by atoms with Gasteiger partial charge < -0.3 is 15.0 Å². The second kappa shape index (κ2) is 9.74. The van der Waals surface area contributed by atoms with Crippen LogP contribution in [0.25, 0.3) is 0 Å². The number of carbonyl (C=O) groups excluding carboxylic acids is 2. The molecule has 0 radical (unpaired) electrons. The summed E-state index contributed by atoms with van der Waals surface area (Å²) in [6.45, 7) is 5.67. The van der Waals surface area contributed by atoms with Crippen molar-refractivity contribution in [1.82, 2.24) is 10.2 Å². The van der Waals surface area contributed by atoms with Crippen LogP contribution in [0.1, 0.15) is 23.1 Å². The van der Waals surface area contributed by atoms with Crippen LogP contribution in [0, 0.1) is 0 Å². The van der Waals surface area contributed by atoms with E-state index in [9.17, 15) is 9.59 Å². The molecular weight excluding hydrogens is 352 g/mol. The molecule has 0 aromatic heterocycles. The van der Waals surface area contributed by atoms with Gasteiger partial charge in [0.15, 0.2) is 0 Å². The Morgan fingerprint density at radius 2 is 1.82 bits per heavy atom. The highest BCUT2D eigenvalue weighted by Crippen LogP contribution is 2.23. The number of hydrogen-bond donors (Lipinski definition) is 1. The van der Waals surface area contributed by atoms with Gasteiger partial charge in [0.25, 0.3) is 0 Å². The second-order valence-corrected chi connectivity index (χ2v) is 6.83. The molecule has 5 nitrogen and oxygen atoms in total. The predicted molar refractivity (Wildman–Crippen MR) is 109 cm³/mol. The maximum Gasteiger partial charge on any atom is 0.243 e. The van der Waals surface area contributed by atoms with E-state index in [4.69, 9.17) is 4.74 Å². The van der Waals surface area contributed by atoms with Crippen molar-refractivity contribution >= 4 is 11.8 Å². The number of fused-ring (bicyclic) bond motifs is 1. The maximum atomic E-state index is 12.4. The summed E-state index contributed by atoms with van der Waals surface area (Å²) in [5.41, 5.74) is 3.64. The fourth-order valence-corrected chi connectivity index (χ4v) is 3.30. The normalized spacial score (nSPS) is 13.2. The lowest BCUT2D eigenvalue weighted by atomic mass is 10.0. The average Bonchev–Trinajstić information content (AvgIpc) is 2.95. The summed E-state index contributed by atoms with van der Waals surface area (Å²) in [6, 6.07) is 16.3. The zero-order valence-electron chi connectivity index (χ0n) is 16.0. The molecule has 2 aromatic rings. The topological polar surface area (TPSA) is 58.6 Å². The highest BCUT2D eigenvalue weighted by Gasteiger charge is 2.18. The van der Waals surface area contributed by atoms with Gasteiger partial charge in [-0.05, 0) is 47.7 Å². The van der Waals surface area contributed by atoms with Crippen LogP contribution >= 0.6 is 0 Å². The Kier molecular flexibility index (Phi) is 6.84. The summed E-state index contributed by atoms with van der Waals surface area (Å²) >= 11 is 0. The van der Waals surface area contributed by atoms with Gasteiger partial charge in [0, 0.05) is 26.1 Å². The van der Waals surface area contributed by atoms with E-state index < -0.39 is 0 Å². The van der Waals surface area contributed by atoms with E-state index in [1.54, 1.807) is 0 Å². The lowest BCUT2D eigenvalue weighted by Crippen LogP contribution is -2.35. The van der Waals surface area contributed by atoms with Crippen LogP contribution in [-0.2, 0) is 29.0 Å². The number of benzene rings is 2. The molecule has 0 saturated carbocycles. The Morgan fingerprint density at radius 1 is 1.07 bits per heavy atom. The molecule has 1 heterocycles. The molecule has 0 saturated heterocycles. The van der Waals surface area contributed by atoms with Gasteiger partial charge >= 0.3 is 0 Å². The van der Waals surface area contributed by atoms with Gasteiger partial charge in [-0.15, -0.1) is 0 Å². The highest BCUT2D eigenvalue weighted by molar-refractivity contribution is 5.87. The molecule has 1 N–H and O–H groups in total. The first-order valence-electron chi connectivity index (χ1n) is 9.62. The largest absolute Gasteiger partial charge is 0.489 e. The number of hydrogen-bond acceptors (Lipinski definition) is 3. The quantitative estimate of drug-likeness (QED) is 0.754. The fourth-order valence-electron chi connectivity index (χ4n) is 3.30. The SMILES string of the molecule is C=CC(=O)NCCC(=O)N1CCc2ccc(OCc3ccccc3)cc2CC1. The van der Waals surface area contributed by atoms with Gasteiger partial charge in [-0.25, -0.2) is 0 Å². The summed E-state index contributed by atoms with van der Waals surface area (Å²) in [5, 5.41) is 2.65. The van der Waals surface area contributed by atoms with Crippen molar-refractivity contribution in [3.8, 4) is 5.75 Å². The molecule has 0 unspecified atom stereocenters. The lowest BCUT2D eigenvalue weighted by molar-refractivity contribution is -0.131. The van der Waals surface area contributed by atoms with Gasteiger partial charge in [0.05, 0.1) is 0 Å². The Morgan fingerprint density at radius 3 is 2.57 bits per heavy atom. The molecular formula is C23H26N2O3. The third kappa shape index (κ3) is 5.46. The molecule has 146 valence electrons. The van der Waals surface area contributed by atoms with Gasteiger partial charge in [-0.2, -0.15) is 0 Å². The van der Waals surface area contributed by atoms with Crippen LogP contribution in [0.4, 0.5) is 0 Å². The Hall–Kier alpha value is -3.08. The molecule has 0 atom stereocenters. The Bertz CT molecular complexity index is 833. The van der Waals surface area contributed by atoms with Crippen molar-refractivity contribution in [2.24, 2.45) is 0 Å². The predicted octanol–water partition coefficient (Wildman–Crippen LogP) is 2.89. The number of amides is 2. The van der Waals surface area contributed by atoms with E-state index in [2.05, 4.69) is 24.0 Å². The summed E-state index contributed by atoms with van der Waals surface area (Å²) in [5.74, 6) is 0.673. The highest BCUT2D eigenvalue weighted by atomic mass is 16.5. The first kappa shape index (κ1) is 19.7. The van der Waals surface area contributed by atoms with Crippen LogP contribution < -0.4 is 10.1 Å². The van der Waals surface area contributed by atoms with Crippen molar-refractivity contribution in [1.29, 1.82) is 0 Å². The van der Waals surface area contributed by atoms with Crippen LogP contribution in [0.3, 0.4) is 0 Å². The minimum Gasteiger partial charge on any atom is -0.489 e. The van der Waals surface area contributed by atoms with Gasteiger partial charge in [0.2, 0.25) is 11.8 Å². The third-order valence-corrected chi connectivity index (χ3v) is 4.90. The van der Waals surface area contributed by atoms with Crippen LogP contribution in [0.5, 0.6) is 5.75 Å². The van der Waals surface area contributed by atoms with E-state index in [0.717, 1.165) is 24.2 Å². The number of carbonyl (C=O) groups is 2. The number of rotatable bonds is 7. The molecule has 0 fully saturated rings. The average molecular weight is 378 g/mol.